The molecule has 0 radical (unpaired) electrons. The number of hydrogen-bond acceptors (Lipinski definition) is 7. The second-order valence-corrected chi connectivity index (χ2v) is 12.3. The number of nitrogens with zero attached hydrogens (tertiary/aromatic N) is 4. The minimum absolute atomic E-state index is 0.0544. The highest BCUT2D eigenvalue weighted by atomic mass is 16.6. The fourth-order valence-electron chi connectivity index (χ4n) is 5.91. The van der Waals surface area contributed by atoms with Crippen LogP contribution in [0.3, 0.4) is 0 Å². The number of aryl methyl sites for hydroxylation is 2. The molecule has 4 aromatic rings. The fraction of sp³-hybridized carbons (Fsp3) is 0.441. The molecule has 1 N–H and O–H groups in total. The summed E-state index contributed by atoms with van der Waals surface area (Å²) < 4.78 is 12.8. The maximum Gasteiger partial charge on any atom is 0.419 e. The van der Waals surface area contributed by atoms with Crippen molar-refractivity contribution in [1.82, 2.24) is 9.47 Å². The number of carbonyl (C=O) groups is 2. The fourth-order valence-corrected chi connectivity index (χ4v) is 5.91. The third kappa shape index (κ3) is 6.70. The van der Waals surface area contributed by atoms with E-state index in [1.54, 1.807) is 10.6 Å². The zero-order valence-electron chi connectivity index (χ0n) is 25.5. The van der Waals surface area contributed by atoms with Crippen molar-refractivity contribution in [1.29, 1.82) is 5.26 Å². The molecule has 9 heteroatoms. The standard InChI is InChI=1S/C34H40N4O5/c1-5-8-26-28-20-25(11-13-30(28)42-31(26)32(39)40)37-17-15-36(16-18-37)14-7-6-9-24-22-38(33(41)43-34(2,3)4)29-12-10-23(21-35)19-27(24)29/h10-13,19-20,22H,5-9,14-18H2,1-4H3,(H,39,40). The maximum absolute atomic E-state index is 12.9. The van der Waals surface area contributed by atoms with Gasteiger partial charge < -0.3 is 19.2 Å². The van der Waals surface area contributed by atoms with E-state index in [0.717, 1.165) is 91.5 Å². The van der Waals surface area contributed by atoms with Gasteiger partial charge in [0, 0.05) is 54.4 Å². The number of carboxylic acids is 1. The van der Waals surface area contributed by atoms with Crippen LogP contribution in [-0.4, -0.2) is 65.0 Å². The van der Waals surface area contributed by atoms with Crippen LogP contribution in [-0.2, 0) is 17.6 Å². The molecule has 1 saturated heterocycles. The highest BCUT2D eigenvalue weighted by Gasteiger charge is 2.23. The Balaban J connectivity index is 1.18. The first-order chi connectivity index (χ1) is 20.6. The minimum atomic E-state index is -1.02. The van der Waals surface area contributed by atoms with Gasteiger partial charge in [-0.3, -0.25) is 9.47 Å². The molecule has 1 aliphatic heterocycles. The number of hydrogen-bond donors (Lipinski definition) is 1. The minimum Gasteiger partial charge on any atom is -0.475 e. The van der Waals surface area contributed by atoms with Crippen molar-refractivity contribution in [2.45, 2.75) is 65.4 Å². The van der Waals surface area contributed by atoms with Gasteiger partial charge in [-0.05, 0) is 95.0 Å². The smallest absolute Gasteiger partial charge is 0.419 e. The highest BCUT2D eigenvalue weighted by molar-refractivity contribution is 5.96. The van der Waals surface area contributed by atoms with Gasteiger partial charge >= 0.3 is 12.1 Å². The second-order valence-electron chi connectivity index (χ2n) is 12.3. The van der Waals surface area contributed by atoms with Gasteiger partial charge in [-0.25, -0.2) is 9.59 Å². The van der Waals surface area contributed by atoms with Gasteiger partial charge in [-0.1, -0.05) is 13.3 Å². The Kier molecular flexibility index (Phi) is 8.79. The molecule has 2 aromatic heterocycles. The topological polar surface area (TPSA) is 112 Å². The molecule has 0 saturated carbocycles. The van der Waals surface area contributed by atoms with Gasteiger partial charge in [0.15, 0.2) is 0 Å². The quantitative estimate of drug-likeness (QED) is 0.213. The van der Waals surface area contributed by atoms with E-state index < -0.39 is 17.7 Å². The van der Waals surface area contributed by atoms with Crippen LogP contribution in [0, 0.1) is 11.3 Å². The number of carbonyl (C=O) groups excluding carboxylic acids is 1. The number of furan rings is 1. The number of rotatable bonds is 9. The lowest BCUT2D eigenvalue weighted by Crippen LogP contribution is -2.46. The van der Waals surface area contributed by atoms with Crippen LogP contribution >= 0.6 is 0 Å². The van der Waals surface area contributed by atoms with Crippen molar-refractivity contribution in [2.75, 3.05) is 37.6 Å². The summed E-state index contributed by atoms with van der Waals surface area (Å²) in [5.41, 5.74) is 4.28. The summed E-state index contributed by atoms with van der Waals surface area (Å²) in [5, 5.41) is 20.8. The van der Waals surface area contributed by atoms with Crippen molar-refractivity contribution in [3.63, 3.8) is 0 Å². The summed E-state index contributed by atoms with van der Waals surface area (Å²) in [6.45, 7) is 12.3. The molecule has 0 aliphatic carbocycles. The summed E-state index contributed by atoms with van der Waals surface area (Å²) in [6.07, 6.45) is 5.77. The molecule has 1 fully saturated rings. The summed E-state index contributed by atoms with van der Waals surface area (Å²) in [5.74, 6) is -0.964. The maximum atomic E-state index is 12.9. The normalized spacial score (nSPS) is 14.3. The van der Waals surface area contributed by atoms with Crippen molar-refractivity contribution >= 4 is 39.6 Å². The van der Waals surface area contributed by atoms with Crippen LogP contribution in [0.5, 0.6) is 0 Å². The number of unbranched alkanes of at least 4 members (excludes halogenated alkanes) is 1. The third-order valence-corrected chi connectivity index (χ3v) is 7.98. The largest absolute Gasteiger partial charge is 0.475 e. The van der Waals surface area contributed by atoms with Gasteiger partial charge in [0.25, 0.3) is 0 Å². The van der Waals surface area contributed by atoms with E-state index >= 15 is 0 Å². The Morgan fingerprint density at radius 2 is 1.79 bits per heavy atom. The highest BCUT2D eigenvalue weighted by Crippen LogP contribution is 2.32. The molecular formula is C34H40N4O5. The lowest BCUT2D eigenvalue weighted by atomic mass is 10.0. The molecule has 0 unspecified atom stereocenters. The number of aromatic nitrogens is 1. The average Bonchev–Trinajstić information content (AvgIpc) is 3.53. The molecule has 1 aliphatic rings. The summed E-state index contributed by atoms with van der Waals surface area (Å²) in [4.78, 5) is 29.4. The zero-order valence-corrected chi connectivity index (χ0v) is 25.5. The molecule has 226 valence electrons. The Morgan fingerprint density at radius 1 is 1.02 bits per heavy atom. The molecule has 0 amide bonds. The lowest BCUT2D eigenvalue weighted by molar-refractivity contribution is 0.0543. The molecular weight excluding hydrogens is 544 g/mol. The number of piperazine rings is 1. The van der Waals surface area contributed by atoms with Gasteiger partial charge in [-0.2, -0.15) is 5.26 Å². The zero-order chi connectivity index (χ0) is 30.7. The van der Waals surface area contributed by atoms with E-state index in [1.165, 1.54) is 0 Å². The first-order valence-electron chi connectivity index (χ1n) is 15.1. The molecule has 43 heavy (non-hydrogen) atoms. The molecule has 2 aromatic carbocycles. The first-order valence-corrected chi connectivity index (χ1v) is 15.1. The molecule has 5 rings (SSSR count). The van der Waals surface area contributed by atoms with Crippen LogP contribution in [0.15, 0.2) is 47.0 Å². The van der Waals surface area contributed by atoms with Gasteiger partial charge in [0.05, 0.1) is 17.1 Å². The number of anilines is 1. The number of carboxylic acid groups (broad SMARTS) is 1. The van der Waals surface area contributed by atoms with E-state index in [2.05, 4.69) is 21.9 Å². The van der Waals surface area contributed by atoms with Crippen LogP contribution in [0.25, 0.3) is 21.9 Å². The summed E-state index contributed by atoms with van der Waals surface area (Å²) in [6, 6.07) is 13.6. The van der Waals surface area contributed by atoms with Crippen molar-refractivity contribution in [2.24, 2.45) is 0 Å². The number of nitriles is 1. The SMILES string of the molecule is CCCc1c(C(=O)O)oc2ccc(N3CCN(CCCCc4cn(C(=O)OC(C)(C)C)c5ccc(C#N)cc45)CC3)cc12. The molecule has 0 atom stereocenters. The summed E-state index contributed by atoms with van der Waals surface area (Å²) >= 11 is 0. The Hall–Kier alpha value is -4.29. The van der Waals surface area contributed by atoms with Crippen LogP contribution in [0.4, 0.5) is 10.5 Å². The Morgan fingerprint density at radius 3 is 2.47 bits per heavy atom. The van der Waals surface area contributed by atoms with Crippen molar-refractivity contribution < 1.29 is 23.8 Å². The van der Waals surface area contributed by atoms with E-state index in [9.17, 15) is 20.0 Å². The molecule has 0 bridgehead atoms. The monoisotopic (exact) mass is 584 g/mol. The number of aromatic carboxylic acids is 1. The predicted octanol–water partition coefficient (Wildman–Crippen LogP) is 6.84. The van der Waals surface area contributed by atoms with Crippen molar-refractivity contribution in [3.8, 4) is 6.07 Å². The van der Waals surface area contributed by atoms with Gasteiger partial charge in [0.1, 0.15) is 11.2 Å². The van der Waals surface area contributed by atoms with E-state index in [0.29, 0.717) is 17.6 Å². The third-order valence-electron chi connectivity index (χ3n) is 7.98. The molecule has 3 heterocycles. The van der Waals surface area contributed by atoms with E-state index in [4.69, 9.17) is 9.15 Å². The van der Waals surface area contributed by atoms with Gasteiger partial charge in [0.2, 0.25) is 5.76 Å². The molecule has 9 nitrogen and oxygen atoms in total. The Bertz CT molecular complexity index is 1680. The summed E-state index contributed by atoms with van der Waals surface area (Å²) in [7, 11) is 0. The number of ether oxygens (including phenoxy) is 1. The number of benzene rings is 2. The van der Waals surface area contributed by atoms with Gasteiger partial charge in [-0.15, -0.1) is 0 Å². The molecule has 0 spiro atoms. The lowest BCUT2D eigenvalue weighted by Gasteiger charge is -2.36. The first kappa shape index (κ1) is 30.2. The van der Waals surface area contributed by atoms with Crippen molar-refractivity contribution in [3.05, 3.63) is 65.0 Å². The van der Waals surface area contributed by atoms with E-state index in [-0.39, 0.29) is 5.76 Å². The predicted molar refractivity (Wildman–Crippen MR) is 167 cm³/mol. The van der Waals surface area contributed by atoms with Crippen LogP contribution < -0.4 is 4.90 Å². The van der Waals surface area contributed by atoms with Crippen LogP contribution in [0.1, 0.15) is 74.2 Å². The van der Waals surface area contributed by atoms with Crippen LogP contribution in [0.2, 0.25) is 0 Å². The second kappa shape index (κ2) is 12.5. The average molecular weight is 585 g/mol. The number of fused-ring (bicyclic) bond motifs is 2. The van der Waals surface area contributed by atoms with E-state index in [1.807, 2.05) is 58.2 Å². The Labute approximate surface area is 252 Å².